The molecule has 0 saturated carbocycles. The maximum absolute atomic E-state index is 12.9. The third kappa shape index (κ3) is 2.95. The van der Waals surface area contributed by atoms with Crippen LogP contribution in [-0.2, 0) is 6.67 Å². The summed E-state index contributed by atoms with van der Waals surface area (Å²) in [6.07, 6.45) is 0. The van der Waals surface area contributed by atoms with Gasteiger partial charge in [-0.3, -0.25) is 0 Å². The number of fused-ring (bicyclic) bond motifs is 1. The van der Waals surface area contributed by atoms with Gasteiger partial charge in [0.05, 0.1) is 12.1 Å². The highest BCUT2D eigenvalue weighted by Crippen LogP contribution is 2.34. The van der Waals surface area contributed by atoms with Gasteiger partial charge in [0.1, 0.15) is 18.2 Å². The van der Waals surface area contributed by atoms with E-state index >= 15 is 0 Å². The highest BCUT2D eigenvalue weighted by atomic mass is 19.1. The van der Waals surface area contributed by atoms with Crippen molar-refractivity contribution in [3.05, 3.63) is 42.0 Å². The van der Waals surface area contributed by atoms with Gasteiger partial charge in [0.2, 0.25) is 5.95 Å². The quantitative estimate of drug-likeness (QED) is 0.746. The van der Waals surface area contributed by atoms with Gasteiger partial charge in [0.25, 0.3) is 0 Å². The van der Waals surface area contributed by atoms with Gasteiger partial charge in [-0.1, -0.05) is 18.2 Å². The van der Waals surface area contributed by atoms with Crippen LogP contribution in [0.15, 0.2) is 36.4 Å². The Kier molecular flexibility index (Phi) is 4.46. The lowest BCUT2D eigenvalue weighted by Crippen LogP contribution is -2.01. The number of benzene rings is 2. The molecule has 0 unspecified atom stereocenters. The first-order chi connectivity index (χ1) is 11.7. The van der Waals surface area contributed by atoms with Gasteiger partial charge in [-0.15, -0.1) is 0 Å². The molecule has 2 aromatic carbocycles. The lowest BCUT2D eigenvalue weighted by atomic mass is 10.0. The molecule has 5 nitrogen and oxygen atoms in total. The topological polar surface area (TPSA) is 73.1 Å². The number of nitrogens with two attached hydrogens (primary N) is 1. The van der Waals surface area contributed by atoms with Crippen LogP contribution in [0.2, 0.25) is 0 Å². The van der Waals surface area contributed by atoms with Crippen molar-refractivity contribution in [2.45, 2.75) is 13.6 Å². The number of alkyl halides is 1. The van der Waals surface area contributed by atoms with Crippen molar-refractivity contribution in [3.8, 4) is 16.9 Å². The van der Waals surface area contributed by atoms with Crippen LogP contribution in [-0.4, -0.2) is 23.6 Å². The van der Waals surface area contributed by atoms with E-state index in [1.165, 1.54) is 0 Å². The predicted octanol–water partition coefficient (Wildman–Crippen LogP) is 3.79. The van der Waals surface area contributed by atoms with E-state index in [0.717, 1.165) is 22.0 Å². The smallest absolute Gasteiger partial charge is 0.222 e. The van der Waals surface area contributed by atoms with Crippen molar-refractivity contribution in [3.63, 3.8) is 0 Å². The lowest BCUT2D eigenvalue weighted by Gasteiger charge is -2.13. The van der Waals surface area contributed by atoms with E-state index < -0.39 is 6.67 Å². The normalized spacial score (nSPS) is 10.8. The highest BCUT2D eigenvalue weighted by Gasteiger charge is 2.11. The molecular formula is C18H19FN4O. The third-order valence-electron chi connectivity index (χ3n) is 3.76. The second kappa shape index (κ2) is 6.70. The molecule has 3 aromatic rings. The molecule has 0 fully saturated rings. The van der Waals surface area contributed by atoms with Crippen molar-refractivity contribution in [2.24, 2.45) is 0 Å². The first-order valence-corrected chi connectivity index (χ1v) is 7.73. The minimum absolute atomic E-state index is 0.210. The minimum Gasteiger partial charge on any atom is -0.493 e. The number of anilines is 2. The first-order valence-electron chi connectivity index (χ1n) is 7.73. The summed E-state index contributed by atoms with van der Waals surface area (Å²) >= 11 is 0. The second-order valence-corrected chi connectivity index (χ2v) is 5.31. The zero-order chi connectivity index (χ0) is 17.1. The van der Waals surface area contributed by atoms with E-state index in [9.17, 15) is 4.39 Å². The molecule has 1 aromatic heterocycles. The van der Waals surface area contributed by atoms with E-state index in [0.29, 0.717) is 23.7 Å². The molecule has 0 atom stereocenters. The molecule has 3 rings (SSSR count). The van der Waals surface area contributed by atoms with Crippen LogP contribution in [0.25, 0.3) is 22.0 Å². The molecule has 0 aliphatic carbocycles. The monoisotopic (exact) mass is 326 g/mol. The zero-order valence-corrected chi connectivity index (χ0v) is 13.6. The Morgan fingerprint density at radius 1 is 1.17 bits per heavy atom. The van der Waals surface area contributed by atoms with Crippen LogP contribution in [0.5, 0.6) is 5.75 Å². The molecular weight excluding hydrogens is 307 g/mol. The number of hydrogen-bond acceptors (Lipinski definition) is 5. The van der Waals surface area contributed by atoms with E-state index in [4.69, 9.17) is 10.5 Å². The Bertz CT molecular complexity index is 882. The Morgan fingerprint density at radius 3 is 2.71 bits per heavy atom. The number of aromatic nitrogens is 2. The van der Waals surface area contributed by atoms with Gasteiger partial charge in [-0.25, -0.2) is 9.37 Å². The number of rotatable bonds is 5. The minimum atomic E-state index is -0.520. The Balaban J connectivity index is 2.16. The van der Waals surface area contributed by atoms with Gasteiger partial charge in [0.15, 0.2) is 0 Å². The summed E-state index contributed by atoms with van der Waals surface area (Å²) in [6, 6.07) is 11.2. The molecule has 0 bridgehead atoms. The Morgan fingerprint density at radius 2 is 2.00 bits per heavy atom. The number of halogens is 1. The van der Waals surface area contributed by atoms with Crippen LogP contribution in [0.1, 0.15) is 12.5 Å². The zero-order valence-electron chi connectivity index (χ0n) is 13.6. The van der Waals surface area contributed by atoms with Crippen LogP contribution >= 0.6 is 0 Å². The SMILES string of the molecule is CCOc1cc(CF)ccc1-c1ccc2c(NC)nc(N)nc2c1. The van der Waals surface area contributed by atoms with Crippen molar-refractivity contribution in [2.75, 3.05) is 24.7 Å². The van der Waals surface area contributed by atoms with E-state index in [1.54, 1.807) is 19.2 Å². The number of nitrogens with one attached hydrogen (secondary N) is 1. The summed E-state index contributed by atoms with van der Waals surface area (Å²) in [5, 5.41) is 3.90. The molecule has 3 N–H and O–H groups in total. The summed E-state index contributed by atoms with van der Waals surface area (Å²) in [6.45, 7) is 1.89. The van der Waals surface area contributed by atoms with Gasteiger partial charge >= 0.3 is 0 Å². The van der Waals surface area contributed by atoms with Gasteiger partial charge in [-0.2, -0.15) is 4.98 Å². The van der Waals surface area contributed by atoms with E-state index in [-0.39, 0.29) is 5.95 Å². The second-order valence-electron chi connectivity index (χ2n) is 5.31. The van der Waals surface area contributed by atoms with Crippen molar-refractivity contribution in [1.29, 1.82) is 0 Å². The first kappa shape index (κ1) is 16.0. The molecule has 0 aliphatic heterocycles. The van der Waals surface area contributed by atoms with Gasteiger partial charge in [0, 0.05) is 18.0 Å². The molecule has 0 radical (unpaired) electrons. The molecule has 0 aliphatic rings. The van der Waals surface area contributed by atoms with E-state index in [2.05, 4.69) is 15.3 Å². The fraction of sp³-hybridized carbons (Fsp3) is 0.222. The summed E-state index contributed by atoms with van der Waals surface area (Å²) in [5.74, 6) is 1.55. The summed E-state index contributed by atoms with van der Waals surface area (Å²) in [7, 11) is 1.79. The average Bonchev–Trinajstić information content (AvgIpc) is 2.60. The van der Waals surface area contributed by atoms with Crippen molar-refractivity contribution >= 4 is 22.7 Å². The third-order valence-corrected chi connectivity index (χ3v) is 3.76. The summed E-state index contributed by atoms with van der Waals surface area (Å²) in [5.41, 5.74) is 8.92. The maximum Gasteiger partial charge on any atom is 0.222 e. The van der Waals surface area contributed by atoms with Crippen molar-refractivity contribution in [1.82, 2.24) is 9.97 Å². The average molecular weight is 326 g/mol. The van der Waals surface area contributed by atoms with Crippen LogP contribution in [0.4, 0.5) is 16.2 Å². The number of nitrogen functional groups attached to an aromatic ring is 1. The Labute approximate surface area is 139 Å². The lowest BCUT2D eigenvalue weighted by molar-refractivity contribution is 0.340. The molecule has 0 amide bonds. The van der Waals surface area contributed by atoms with Gasteiger partial charge in [-0.05, 0) is 36.2 Å². The van der Waals surface area contributed by atoms with E-state index in [1.807, 2.05) is 31.2 Å². The number of ether oxygens (including phenoxy) is 1. The van der Waals surface area contributed by atoms with Crippen LogP contribution in [0.3, 0.4) is 0 Å². The maximum atomic E-state index is 12.9. The largest absolute Gasteiger partial charge is 0.493 e. The molecule has 124 valence electrons. The fourth-order valence-electron chi connectivity index (χ4n) is 2.67. The molecule has 0 spiro atoms. The molecule has 0 saturated heterocycles. The van der Waals surface area contributed by atoms with Crippen LogP contribution in [0, 0.1) is 0 Å². The Hall–Kier alpha value is -2.89. The summed E-state index contributed by atoms with van der Waals surface area (Å²) in [4.78, 5) is 8.49. The summed E-state index contributed by atoms with van der Waals surface area (Å²) < 4.78 is 18.6. The predicted molar refractivity (Wildman–Crippen MR) is 94.9 cm³/mol. The van der Waals surface area contributed by atoms with Crippen molar-refractivity contribution < 1.29 is 9.13 Å². The molecule has 1 heterocycles. The number of nitrogens with zero attached hydrogens (tertiary/aromatic N) is 2. The van der Waals surface area contributed by atoms with Gasteiger partial charge < -0.3 is 15.8 Å². The highest BCUT2D eigenvalue weighted by molar-refractivity contribution is 5.93. The fourth-order valence-corrected chi connectivity index (χ4v) is 2.67. The molecule has 6 heteroatoms. The standard InChI is InChI=1S/C18H19FN4O/c1-3-24-16-8-11(10-19)4-6-13(16)12-5-7-14-15(9-12)22-18(20)23-17(14)21-2/h4-9H,3,10H2,1-2H3,(H3,20,21,22,23). The molecule has 24 heavy (non-hydrogen) atoms. The number of hydrogen-bond donors (Lipinski definition) is 2. The van der Waals surface area contributed by atoms with Crippen LogP contribution < -0.4 is 15.8 Å².